The molecule has 1 amide bonds. The molecular weight excluding hydrogens is 446 g/mol. The predicted molar refractivity (Wildman–Crippen MR) is 129 cm³/mol. The molecule has 182 valence electrons. The molecule has 1 aromatic carbocycles. The molecule has 2 fully saturated rings. The van der Waals surface area contributed by atoms with Gasteiger partial charge in [-0.25, -0.2) is 0 Å². The van der Waals surface area contributed by atoms with E-state index in [1.807, 2.05) is 23.0 Å². The summed E-state index contributed by atoms with van der Waals surface area (Å²) in [7, 11) is 0. The minimum absolute atomic E-state index is 0.0148. The monoisotopic (exact) mass is 475 g/mol. The van der Waals surface area contributed by atoms with Crippen molar-refractivity contribution in [2.45, 2.75) is 63.5 Å². The van der Waals surface area contributed by atoms with Crippen LogP contribution in [-0.2, 0) is 0 Å². The second-order valence-corrected chi connectivity index (χ2v) is 9.86. The third-order valence-corrected chi connectivity index (χ3v) is 7.07. The summed E-state index contributed by atoms with van der Waals surface area (Å²) in [5.74, 6) is 0.553. The SMILES string of the molecule is Cc1cccc(C(=O)Nc2cc3cn(C4CCC(O)(CC#N)CC4)nc3cc2OCC2CC2)[n+]1[O-]. The fourth-order valence-corrected chi connectivity index (χ4v) is 4.65. The molecule has 2 saturated carbocycles. The number of nitriles is 1. The number of nitrogens with zero attached hydrogens (tertiary/aromatic N) is 4. The van der Waals surface area contributed by atoms with E-state index in [1.165, 1.54) is 6.07 Å². The molecule has 9 nitrogen and oxygen atoms in total. The van der Waals surface area contributed by atoms with Gasteiger partial charge in [0.2, 0.25) is 0 Å². The number of pyridine rings is 1. The van der Waals surface area contributed by atoms with Crippen molar-refractivity contribution in [2.75, 3.05) is 11.9 Å². The summed E-state index contributed by atoms with van der Waals surface area (Å²) in [5.41, 5.74) is 0.792. The van der Waals surface area contributed by atoms with Crippen molar-refractivity contribution in [2.24, 2.45) is 5.92 Å². The second kappa shape index (κ2) is 9.19. The number of fused-ring (bicyclic) bond motifs is 1. The highest BCUT2D eigenvalue weighted by Crippen LogP contribution is 2.38. The molecule has 2 aromatic heterocycles. The van der Waals surface area contributed by atoms with Crippen molar-refractivity contribution in [1.82, 2.24) is 9.78 Å². The van der Waals surface area contributed by atoms with Crippen LogP contribution >= 0.6 is 0 Å². The molecule has 5 rings (SSSR count). The number of benzene rings is 1. The minimum atomic E-state index is -0.909. The first-order valence-corrected chi connectivity index (χ1v) is 12.1. The van der Waals surface area contributed by atoms with Crippen LogP contribution in [0.1, 0.15) is 67.2 Å². The molecule has 2 aliphatic carbocycles. The quantitative estimate of drug-likeness (QED) is 0.395. The van der Waals surface area contributed by atoms with Gasteiger partial charge in [-0.2, -0.15) is 15.1 Å². The standard InChI is InChI=1S/C26H29N5O4/c1-17-3-2-4-23(31(17)34)25(32)28-22-13-19-15-30(20-7-9-26(33,10-8-20)11-12-27)29-21(19)14-24(22)35-16-18-5-6-18/h2-4,13-15,18,20,33H,5-11,16H2,1H3,(H,28,32). The summed E-state index contributed by atoms with van der Waals surface area (Å²) in [6.07, 6.45) is 6.95. The van der Waals surface area contributed by atoms with Crippen LogP contribution in [0.2, 0.25) is 0 Å². The first kappa shape index (κ1) is 23.1. The van der Waals surface area contributed by atoms with Gasteiger partial charge in [-0.1, -0.05) is 0 Å². The highest BCUT2D eigenvalue weighted by Gasteiger charge is 2.34. The fourth-order valence-electron chi connectivity index (χ4n) is 4.65. The maximum atomic E-state index is 12.9. The van der Waals surface area contributed by atoms with Crippen molar-refractivity contribution in [1.29, 1.82) is 5.26 Å². The lowest BCUT2D eigenvalue weighted by Crippen LogP contribution is -2.39. The molecule has 2 aliphatic rings. The topological polar surface area (TPSA) is 127 Å². The molecule has 0 atom stereocenters. The zero-order valence-electron chi connectivity index (χ0n) is 19.7. The Bertz CT molecular complexity index is 1300. The van der Waals surface area contributed by atoms with Crippen molar-refractivity contribution in [3.05, 3.63) is 53.1 Å². The van der Waals surface area contributed by atoms with Gasteiger partial charge in [0.15, 0.2) is 5.69 Å². The number of nitrogens with one attached hydrogen (secondary N) is 1. The molecule has 9 heteroatoms. The third-order valence-electron chi connectivity index (χ3n) is 7.07. The Balaban J connectivity index is 1.41. The smallest absolute Gasteiger partial charge is 0.321 e. The number of ether oxygens (including phenoxy) is 1. The molecule has 0 unspecified atom stereocenters. The van der Waals surface area contributed by atoms with Gasteiger partial charge in [0, 0.05) is 36.7 Å². The summed E-state index contributed by atoms with van der Waals surface area (Å²) in [5, 5.41) is 40.3. The lowest BCUT2D eigenvalue weighted by atomic mass is 9.80. The highest BCUT2D eigenvalue weighted by atomic mass is 16.5. The van der Waals surface area contributed by atoms with Gasteiger partial charge in [-0.05, 0) is 56.6 Å². The largest absolute Gasteiger partial charge is 0.618 e. The number of aryl methyl sites for hydroxylation is 1. The summed E-state index contributed by atoms with van der Waals surface area (Å²) in [4.78, 5) is 12.9. The Morgan fingerprint density at radius 2 is 2.11 bits per heavy atom. The maximum Gasteiger partial charge on any atom is 0.321 e. The van der Waals surface area contributed by atoms with Gasteiger partial charge in [-0.15, -0.1) is 0 Å². The minimum Gasteiger partial charge on any atom is -0.618 e. The van der Waals surface area contributed by atoms with E-state index >= 15 is 0 Å². The van der Waals surface area contributed by atoms with Crippen LogP contribution in [-0.4, -0.2) is 33.0 Å². The van der Waals surface area contributed by atoms with Crippen LogP contribution in [0.25, 0.3) is 10.9 Å². The molecule has 2 N–H and O–H groups in total. The van der Waals surface area contributed by atoms with Gasteiger partial charge in [0.25, 0.3) is 5.69 Å². The van der Waals surface area contributed by atoms with E-state index in [0.29, 0.717) is 47.2 Å². The Labute approximate surface area is 203 Å². The van der Waals surface area contributed by atoms with Crippen molar-refractivity contribution < 1.29 is 19.4 Å². The second-order valence-electron chi connectivity index (χ2n) is 9.86. The van der Waals surface area contributed by atoms with Crippen LogP contribution in [0.3, 0.4) is 0 Å². The fraction of sp³-hybridized carbons (Fsp3) is 0.462. The highest BCUT2D eigenvalue weighted by molar-refractivity contribution is 6.04. The zero-order chi connectivity index (χ0) is 24.6. The van der Waals surface area contributed by atoms with Gasteiger partial charge in [0.05, 0.1) is 41.9 Å². The normalized spacial score (nSPS) is 22.0. The molecule has 0 bridgehead atoms. The molecule has 0 aliphatic heterocycles. The Hall–Kier alpha value is -3.64. The summed E-state index contributed by atoms with van der Waals surface area (Å²) in [6, 6.07) is 10.7. The number of hydrogen-bond donors (Lipinski definition) is 2. The molecule has 3 aromatic rings. The van der Waals surface area contributed by atoms with E-state index in [1.54, 1.807) is 19.1 Å². The lowest BCUT2D eigenvalue weighted by Gasteiger charge is -2.34. The molecule has 35 heavy (non-hydrogen) atoms. The number of aliphatic hydroxyl groups is 1. The van der Waals surface area contributed by atoms with E-state index in [9.17, 15) is 15.1 Å². The van der Waals surface area contributed by atoms with E-state index in [2.05, 4.69) is 11.4 Å². The number of carbonyl (C=O) groups is 1. The van der Waals surface area contributed by atoms with Gasteiger partial charge >= 0.3 is 5.91 Å². The average Bonchev–Trinajstić information content (AvgIpc) is 3.57. The lowest BCUT2D eigenvalue weighted by molar-refractivity contribution is -0.614. The molecule has 2 heterocycles. The van der Waals surface area contributed by atoms with E-state index < -0.39 is 11.5 Å². The number of amides is 1. The number of anilines is 1. The van der Waals surface area contributed by atoms with Crippen LogP contribution in [0.5, 0.6) is 5.75 Å². The third kappa shape index (κ3) is 4.93. The summed E-state index contributed by atoms with van der Waals surface area (Å²) >= 11 is 0. The Morgan fingerprint density at radius 1 is 1.34 bits per heavy atom. The molecule has 0 saturated heterocycles. The Morgan fingerprint density at radius 3 is 2.83 bits per heavy atom. The van der Waals surface area contributed by atoms with E-state index in [4.69, 9.17) is 15.1 Å². The first-order chi connectivity index (χ1) is 16.8. The van der Waals surface area contributed by atoms with Crippen molar-refractivity contribution >= 4 is 22.5 Å². The zero-order valence-corrected chi connectivity index (χ0v) is 19.7. The number of carbonyl (C=O) groups excluding carboxylic acids is 1. The summed E-state index contributed by atoms with van der Waals surface area (Å²) in [6.45, 7) is 2.22. The van der Waals surface area contributed by atoms with Gasteiger partial charge < -0.3 is 20.4 Å². The maximum absolute atomic E-state index is 12.9. The number of aromatic nitrogens is 3. The average molecular weight is 476 g/mol. The molecular formula is C26H29N5O4. The first-order valence-electron chi connectivity index (χ1n) is 12.1. The number of hydrogen-bond acceptors (Lipinski definition) is 6. The molecule has 0 radical (unpaired) electrons. The van der Waals surface area contributed by atoms with Crippen LogP contribution < -0.4 is 14.8 Å². The van der Waals surface area contributed by atoms with Gasteiger partial charge in [-0.3, -0.25) is 9.48 Å². The Kier molecular flexibility index (Phi) is 6.07. The number of rotatable bonds is 7. The van der Waals surface area contributed by atoms with Gasteiger partial charge in [0.1, 0.15) is 5.75 Å². The molecule has 0 spiro atoms. The van der Waals surface area contributed by atoms with Crippen molar-refractivity contribution in [3.8, 4) is 11.8 Å². The van der Waals surface area contributed by atoms with E-state index in [-0.39, 0.29) is 18.2 Å². The van der Waals surface area contributed by atoms with Crippen LogP contribution in [0.4, 0.5) is 5.69 Å². The summed E-state index contributed by atoms with van der Waals surface area (Å²) < 4.78 is 8.59. The predicted octanol–water partition coefficient (Wildman–Crippen LogP) is 3.78. The van der Waals surface area contributed by atoms with E-state index in [0.717, 1.165) is 36.6 Å². The van der Waals surface area contributed by atoms with Crippen LogP contribution in [0.15, 0.2) is 36.5 Å². The van der Waals surface area contributed by atoms with Crippen LogP contribution in [0, 0.1) is 29.4 Å². The van der Waals surface area contributed by atoms with Crippen molar-refractivity contribution in [3.63, 3.8) is 0 Å².